The highest BCUT2D eigenvalue weighted by molar-refractivity contribution is 5.13. The number of hydrogen-bond acceptors (Lipinski definition) is 0. The molecule has 0 heterocycles. The number of rotatable bonds is 1. The van der Waals surface area contributed by atoms with Gasteiger partial charge in [0.25, 0.3) is 0 Å². The van der Waals surface area contributed by atoms with Crippen LogP contribution in [0.1, 0.15) is 66.9 Å². The van der Waals surface area contributed by atoms with Crippen molar-refractivity contribution in [3.8, 4) is 0 Å². The fourth-order valence-corrected chi connectivity index (χ4v) is 0.714. The molecule has 0 nitrogen and oxygen atoms in total. The summed E-state index contributed by atoms with van der Waals surface area (Å²) in [5.74, 6) is 0. The predicted octanol–water partition coefficient (Wildman–Crippen LogP) is 6.11. The van der Waals surface area contributed by atoms with E-state index in [0.717, 1.165) is 6.42 Å². The average molecular weight is 224 g/mol. The predicted molar refractivity (Wildman–Crippen MR) is 79.1 cm³/mol. The topological polar surface area (TPSA) is 0 Å². The Balaban J connectivity index is -0.000000179. The summed E-state index contributed by atoms with van der Waals surface area (Å²) in [6.07, 6.45) is 3.64. The second-order valence-electron chi connectivity index (χ2n) is 3.25. The maximum absolute atomic E-state index is 2.16. The molecular formula is C16H32. The molecule has 0 aliphatic heterocycles. The van der Waals surface area contributed by atoms with E-state index in [1.807, 2.05) is 19.9 Å². The van der Waals surface area contributed by atoms with Gasteiger partial charge in [0.2, 0.25) is 0 Å². The zero-order chi connectivity index (χ0) is 13.2. The summed E-state index contributed by atoms with van der Waals surface area (Å²) in [6.45, 7) is 14.7. The normalized spacial score (nSPS) is 7.19. The Hall–Kier alpha value is -0.780. The van der Waals surface area contributed by atoms with E-state index in [0.29, 0.717) is 0 Å². The van der Waals surface area contributed by atoms with Crippen molar-refractivity contribution in [1.29, 1.82) is 0 Å². The third-order valence-corrected chi connectivity index (χ3v) is 1.25. The van der Waals surface area contributed by atoms with Gasteiger partial charge < -0.3 is 0 Å². The lowest BCUT2D eigenvalue weighted by molar-refractivity contribution is 1.09. The quantitative estimate of drug-likeness (QED) is 0.540. The molecule has 1 aromatic rings. The van der Waals surface area contributed by atoms with E-state index in [2.05, 4.69) is 58.9 Å². The fourth-order valence-electron chi connectivity index (χ4n) is 0.714. The van der Waals surface area contributed by atoms with Crippen LogP contribution in [0.2, 0.25) is 0 Å². The summed E-state index contributed by atoms with van der Waals surface area (Å²) in [7, 11) is 0. The molecule has 0 N–H and O–H groups in total. The number of benzene rings is 1. The van der Waals surface area contributed by atoms with Crippen LogP contribution in [0.3, 0.4) is 0 Å². The lowest BCUT2D eigenvalue weighted by atomic mass is 10.2. The largest absolute Gasteiger partial charge is 0.0683 e. The first-order chi connectivity index (χ1) is 7.76. The van der Waals surface area contributed by atoms with Crippen LogP contribution in [0, 0.1) is 0 Å². The highest BCUT2D eigenvalue weighted by Gasteiger charge is 1.79. The van der Waals surface area contributed by atoms with Gasteiger partial charge in [-0.2, -0.15) is 0 Å². The van der Waals surface area contributed by atoms with Gasteiger partial charge in [-0.25, -0.2) is 0 Å². The molecular weight excluding hydrogens is 192 g/mol. The SMILES string of the molecule is CC.CCC.CCC.CCc1ccccc1. The monoisotopic (exact) mass is 224 g/mol. The molecule has 0 bridgehead atoms. The van der Waals surface area contributed by atoms with Gasteiger partial charge in [-0.3, -0.25) is 0 Å². The second kappa shape index (κ2) is 23.8. The van der Waals surface area contributed by atoms with Crippen molar-refractivity contribution in [2.24, 2.45) is 0 Å². The van der Waals surface area contributed by atoms with Crippen molar-refractivity contribution in [2.75, 3.05) is 0 Å². The van der Waals surface area contributed by atoms with E-state index in [1.54, 1.807) is 0 Å². The van der Waals surface area contributed by atoms with Gasteiger partial charge in [0.15, 0.2) is 0 Å². The lowest BCUT2D eigenvalue weighted by Crippen LogP contribution is -1.73. The third kappa shape index (κ3) is 23.2. The zero-order valence-electron chi connectivity index (χ0n) is 12.5. The van der Waals surface area contributed by atoms with Crippen LogP contribution >= 0.6 is 0 Å². The molecule has 0 aromatic heterocycles. The highest BCUT2D eigenvalue weighted by atomic mass is 13.9. The Kier molecular flexibility index (Phi) is 30.6. The van der Waals surface area contributed by atoms with E-state index < -0.39 is 0 Å². The fraction of sp³-hybridized carbons (Fsp3) is 0.625. The summed E-state index contributed by atoms with van der Waals surface area (Å²) in [4.78, 5) is 0. The Morgan fingerprint density at radius 2 is 1.00 bits per heavy atom. The molecule has 0 saturated carbocycles. The molecule has 0 heteroatoms. The van der Waals surface area contributed by atoms with Gasteiger partial charge in [0.05, 0.1) is 0 Å². The minimum Gasteiger partial charge on any atom is -0.0683 e. The van der Waals surface area contributed by atoms with Crippen LogP contribution in [0.15, 0.2) is 30.3 Å². The van der Waals surface area contributed by atoms with E-state index in [-0.39, 0.29) is 0 Å². The van der Waals surface area contributed by atoms with Gasteiger partial charge in [-0.1, -0.05) is 91.6 Å². The van der Waals surface area contributed by atoms with Crippen molar-refractivity contribution in [3.63, 3.8) is 0 Å². The molecule has 0 fully saturated rings. The van der Waals surface area contributed by atoms with Crippen molar-refractivity contribution in [3.05, 3.63) is 35.9 Å². The van der Waals surface area contributed by atoms with Crippen LogP contribution in [-0.4, -0.2) is 0 Å². The van der Waals surface area contributed by atoms with Gasteiger partial charge in [0, 0.05) is 0 Å². The van der Waals surface area contributed by atoms with Gasteiger partial charge in [-0.15, -0.1) is 0 Å². The lowest BCUT2D eigenvalue weighted by Gasteiger charge is -1.89. The Bertz CT molecular complexity index is 163. The highest BCUT2D eigenvalue weighted by Crippen LogP contribution is 1.96. The van der Waals surface area contributed by atoms with E-state index in [1.165, 1.54) is 18.4 Å². The first kappa shape index (κ1) is 20.6. The molecule has 0 aliphatic carbocycles. The van der Waals surface area contributed by atoms with Crippen LogP contribution in [0.25, 0.3) is 0 Å². The molecule has 0 aliphatic rings. The Labute approximate surface area is 104 Å². The molecule has 96 valence electrons. The van der Waals surface area contributed by atoms with Crippen LogP contribution in [0.4, 0.5) is 0 Å². The summed E-state index contributed by atoms with van der Waals surface area (Å²) in [5.41, 5.74) is 1.41. The minimum atomic E-state index is 1.14. The van der Waals surface area contributed by atoms with Crippen LogP contribution < -0.4 is 0 Å². The van der Waals surface area contributed by atoms with Crippen LogP contribution in [0.5, 0.6) is 0 Å². The van der Waals surface area contributed by atoms with Crippen molar-refractivity contribution < 1.29 is 0 Å². The van der Waals surface area contributed by atoms with Crippen molar-refractivity contribution >= 4 is 0 Å². The van der Waals surface area contributed by atoms with Crippen LogP contribution in [-0.2, 0) is 6.42 Å². The Morgan fingerprint density at radius 1 is 0.688 bits per heavy atom. The minimum absolute atomic E-state index is 1.14. The summed E-state index contributed by atoms with van der Waals surface area (Å²) >= 11 is 0. The maximum atomic E-state index is 2.16. The molecule has 0 amide bonds. The van der Waals surface area contributed by atoms with Gasteiger partial charge in [0.1, 0.15) is 0 Å². The summed E-state index contributed by atoms with van der Waals surface area (Å²) < 4.78 is 0. The van der Waals surface area contributed by atoms with E-state index in [9.17, 15) is 0 Å². The zero-order valence-corrected chi connectivity index (χ0v) is 12.5. The van der Waals surface area contributed by atoms with E-state index >= 15 is 0 Å². The summed E-state index contributed by atoms with van der Waals surface area (Å²) in [6, 6.07) is 10.5. The standard InChI is InChI=1S/C8H10.2C3H8.C2H6/c1-2-8-6-4-3-5-7-8;2*1-3-2;1-2/h3-7H,2H2,1H3;2*3H2,1-2H3;1-2H3. The molecule has 1 rings (SSSR count). The Morgan fingerprint density at radius 3 is 1.19 bits per heavy atom. The smallest absolute Gasteiger partial charge is 0.0307 e. The van der Waals surface area contributed by atoms with E-state index in [4.69, 9.17) is 0 Å². The van der Waals surface area contributed by atoms with Gasteiger partial charge in [-0.05, 0) is 12.0 Å². The van der Waals surface area contributed by atoms with Gasteiger partial charge >= 0.3 is 0 Å². The number of aryl methyl sites for hydroxylation is 1. The molecule has 0 spiro atoms. The molecule has 0 atom stereocenters. The molecule has 0 saturated heterocycles. The molecule has 16 heavy (non-hydrogen) atoms. The van der Waals surface area contributed by atoms with Crippen molar-refractivity contribution in [2.45, 2.75) is 67.7 Å². The number of hydrogen-bond donors (Lipinski definition) is 0. The molecule has 0 radical (unpaired) electrons. The molecule has 1 aromatic carbocycles. The first-order valence-electron chi connectivity index (χ1n) is 6.80. The average Bonchev–Trinajstić information content (AvgIpc) is 2.35. The first-order valence-corrected chi connectivity index (χ1v) is 6.80. The summed E-state index contributed by atoms with van der Waals surface area (Å²) in [5, 5.41) is 0. The molecule has 0 unspecified atom stereocenters. The maximum Gasteiger partial charge on any atom is -0.0307 e. The third-order valence-electron chi connectivity index (χ3n) is 1.25. The van der Waals surface area contributed by atoms with Crippen molar-refractivity contribution in [1.82, 2.24) is 0 Å². The second-order valence-corrected chi connectivity index (χ2v) is 3.25.